The van der Waals surface area contributed by atoms with Crippen molar-refractivity contribution in [1.29, 1.82) is 0 Å². The van der Waals surface area contributed by atoms with Crippen molar-refractivity contribution in [2.75, 3.05) is 0 Å². The zero-order chi connectivity index (χ0) is 41.0. The molecule has 0 unspecified atom stereocenters. The van der Waals surface area contributed by atoms with Gasteiger partial charge in [0, 0.05) is 43.8 Å². The second kappa shape index (κ2) is 14.7. The molecule has 3 aromatic heterocycles. The lowest BCUT2D eigenvalue weighted by molar-refractivity contribution is 0.953. The van der Waals surface area contributed by atoms with Gasteiger partial charge < -0.3 is 4.57 Å². The molecule has 0 spiro atoms. The third-order valence-electron chi connectivity index (χ3n) is 12.0. The highest BCUT2D eigenvalue weighted by atomic mass is 15.2. The molecule has 0 aliphatic heterocycles. The lowest BCUT2D eigenvalue weighted by Gasteiger charge is -2.17. The number of para-hydroxylation sites is 4. The van der Waals surface area contributed by atoms with Crippen LogP contribution in [-0.4, -0.2) is 24.1 Å². The summed E-state index contributed by atoms with van der Waals surface area (Å²) in [4.78, 5) is 16.2. The minimum atomic E-state index is 0.551. The molecule has 5 nitrogen and oxygen atoms in total. The molecule has 0 amide bonds. The fraction of sp³-hybridized carbons (Fsp3) is 0. The van der Waals surface area contributed by atoms with Crippen molar-refractivity contribution in [3.8, 4) is 67.8 Å². The van der Waals surface area contributed by atoms with E-state index in [1.54, 1.807) is 0 Å². The van der Waals surface area contributed by atoms with Gasteiger partial charge in [0.2, 0.25) is 5.95 Å². The van der Waals surface area contributed by atoms with E-state index < -0.39 is 0 Å². The predicted molar refractivity (Wildman–Crippen MR) is 256 cm³/mol. The lowest BCUT2D eigenvalue weighted by atomic mass is 10.0. The summed E-state index contributed by atoms with van der Waals surface area (Å²) in [6.45, 7) is 0. The summed E-state index contributed by atoms with van der Waals surface area (Å²) in [5, 5.41) is 4.68. The van der Waals surface area contributed by atoms with E-state index in [1.807, 2.05) is 6.07 Å². The topological polar surface area (TPSA) is 48.5 Å². The first-order valence-electron chi connectivity index (χ1n) is 21.0. The Morgan fingerprint density at radius 2 is 0.726 bits per heavy atom. The quantitative estimate of drug-likeness (QED) is 0.162. The van der Waals surface area contributed by atoms with E-state index in [4.69, 9.17) is 15.0 Å². The monoisotopic (exact) mass is 791 g/mol. The van der Waals surface area contributed by atoms with E-state index >= 15 is 0 Å². The number of nitrogens with zero attached hydrogens (tertiary/aromatic N) is 5. The van der Waals surface area contributed by atoms with Crippen molar-refractivity contribution >= 4 is 43.6 Å². The van der Waals surface area contributed by atoms with Crippen LogP contribution >= 0.6 is 0 Å². The number of hydrogen-bond donors (Lipinski definition) is 0. The van der Waals surface area contributed by atoms with Gasteiger partial charge in [-0.3, -0.25) is 4.57 Å². The van der Waals surface area contributed by atoms with Crippen LogP contribution in [0.25, 0.3) is 111 Å². The lowest BCUT2D eigenvalue weighted by Crippen LogP contribution is -2.07. The second-order valence-electron chi connectivity index (χ2n) is 15.6. The van der Waals surface area contributed by atoms with Gasteiger partial charge in [-0.1, -0.05) is 194 Å². The Balaban J connectivity index is 1.16. The predicted octanol–water partition coefficient (Wildman–Crippen LogP) is 14.4. The summed E-state index contributed by atoms with van der Waals surface area (Å²) in [7, 11) is 0. The number of fused-ring (bicyclic) bond motifs is 6. The highest BCUT2D eigenvalue weighted by molar-refractivity contribution is 6.14. The summed E-state index contributed by atoms with van der Waals surface area (Å²) >= 11 is 0. The molecule has 0 N–H and O–H groups in total. The van der Waals surface area contributed by atoms with Gasteiger partial charge in [-0.2, -0.15) is 9.97 Å². The average Bonchev–Trinajstić information content (AvgIpc) is 3.88. The van der Waals surface area contributed by atoms with Crippen LogP contribution in [0.2, 0.25) is 0 Å². The van der Waals surface area contributed by atoms with Crippen LogP contribution in [0.4, 0.5) is 0 Å². The third kappa shape index (κ3) is 5.90. The molecular formula is C57H37N5. The summed E-state index contributed by atoms with van der Waals surface area (Å²) in [5.74, 6) is 1.73. The molecule has 290 valence electrons. The van der Waals surface area contributed by atoms with Crippen molar-refractivity contribution in [1.82, 2.24) is 24.1 Å². The molecule has 0 aliphatic carbocycles. The second-order valence-corrected chi connectivity index (χ2v) is 15.6. The average molecular weight is 792 g/mol. The zero-order valence-electron chi connectivity index (χ0n) is 33.6. The first kappa shape index (κ1) is 35.5. The minimum absolute atomic E-state index is 0.551. The van der Waals surface area contributed by atoms with E-state index in [2.05, 4.69) is 228 Å². The Morgan fingerprint density at radius 3 is 1.35 bits per heavy atom. The zero-order valence-corrected chi connectivity index (χ0v) is 33.6. The highest BCUT2D eigenvalue weighted by Gasteiger charge is 2.22. The molecule has 12 rings (SSSR count). The molecule has 0 fully saturated rings. The smallest absolute Gasteiger partial charge is 0.238 e. The molecule has 5 heteroatoms. The van der Waals surface area contributed by atoms with Crippen LogP contribution in [0, 0.1) is 0 Å². The van der Waals surface area contributed by atoms with Gasteiger partial charge in [0.25, 0.3) is 0 Å². The Bertz CT molecular complexity index is 3570. The molecule has 0 bridgehead atoms. The van der Waals surface area contributed by atoms with Crippen molar-refractivity contribution in [3.63, 3.8) is 0 Å². The highest BCUT2D eigenvalue weighted by Crippen LogP contribution is 2.40. The van der Waals surface area contributed by atoms with Gasteiger partial charge in [-0.25, -0.2) is 4.98 Å². The molecule has 0 saturated carbocycles. The van der Waals surface area contributed by atoms with Crippen LogP contribution in [0.15, 0.2) is 224 Å². The minimum Gasteiger partial charge on any atom is -0.309 e. The Labute approximate surface area is 358 Å². The molecule has 3 heterocycles. The first-order chi connectivity index (χ1) is 30.8. The molecule has 9 aromatic carbocycles. The fourth-order valence-corrected chi connectivity index (χ4v) is 9.17. The number of rotatable bonds is 7. The third-order valence-corrected chi connectivity index (χ3v) is 12.0. The number of hydrogen-bond acceptors (Lipinski definition) is 3. The first-order valence-corrected chi connectivity index (χ1v) is 21.0. The van der Waals surface area contributed by atoms with E-state index in [-0.39, 0.29) is 0 Å². The Hall–Kier alpha value is -8.41. The largest absolute Gasteiger partial charge is 0.309 e. The summed E-state index contributed by atoms with van der Waals surface area (Å²) in [6, 6.07) is 79.2. The molecule has 0 radical (unpaired) electrons. The van der Waals surface area contributed by atoms with Gasteiger partial charge in [0.15, 0.2) is 11.6 Å². The number of aromatic nitrogens is 5. The van der Waals surface area contributed by atoms with Crippen LogP contribution in [0.1, 0.15) is 0 Å². The maximum Gasteiger partial charge on any atom is 0.238 e. The van der Waals surface area contributed by atoms with E-state index in [9.17, 15) is 0 Å². The normalized spacial score (nSPS) is 11.5. The van der Waals surface area contributed by atoms with Crippen LogP contribution in [0.5, 0.6) is 0 Å². The molecule has 0 atom stereocenters. The molecule has 12 aromatic rings. The van der Waals surface area contributed by atoms with Crippen LogP contribution < -0.4 is 0 Å². The molecule has 0 saturated heterocycles. The molecule has 62 heavy (non-hydrogen) atoms. The maximum atomic E-state index is 5.47. The molecule has 0 aliphatic rings. The van der Waals surface area contributed by atoms with Gasteiger partial charge in [-0.05, 0) is 52.6 Å². The van der Waals surface area contributed by atoms with Gasteiger partial charge in [-0.15, -0.1) is 0 Å². The van der Waals surface area contributed by atoms with Crippen molar-refractivity contribution in [2.24, 2.45) is 0 Å². The SMILES string of the molecule is c1ccc(-c2cccc(-c3nc(-c4ccc(-c5ccccc5)c(-n5c6ccccc6c6ccccc65)c4)nc(-n4c5ccccc5c5cccc(-c6ccccc6)c54)n3)c2)cc1. The number of benzene rings is 9. The maximum absolute atomic E-state index is 5.47. The summed E-state index contributed by atoms with van der Waals surface area (Å²) in [5.41, 5.74) is 13.9. The van der Waals surface area contributed by atoms with Gasteiger partial charge in [0.1, 0.15) is 0 Å². The molecular weight excluding hydrogens is 755 g/mol. The summed E-state index contributed by atoms with van der Waals surface area (Å²) < 4.78 is 4.62. The Morgan fingerprint density at radius 1 is 0.274 bits per heavy atom. The summed E-state index contributed by atoms with van der Waals surface area (Å²) in [6.07, 6.45) is 0. The van der Waals surface area contributed by atoms with Crippen molar-refractivity contribution in [3.05, 3.63) is 224 Å². The Kier molecular flexibility index (Phi) is 8.42. The van der Waals surface area contributed by atoms with Crippen LogP contribution in [-0.2, 0) is 0 Å². The fourth-order valence-electron chi connectivity index (χ4n) is 9.17. The standard InChI is InChI=1S/C57H37N5/c1-4-18-38(19-5-1)41-24-16-25-42(36-41)55-58-56(60-57(59-55)62-52-33-15-12-28-48(52)49-30-17-29-45(54(49)62)40-22-8-3-9-23-40)43-34-35-44(39-20-6-2-7-21-39)53(37-43)61-50-31-13-10-26-46(50)47-27-11-14-32-51(47)61/h1-37H. The van der Waals surface area contributed by atoms with Gasteiger partial charge in [0.05, 0.1) is 27.8 Å². The van der Waals surface area contributed by atoms with Crippen molar-refractivity contribution < 1.29 is 0 Å². The van der Waals surface area contributed by atoms with E-state index in [0.717, 1.165) is 83.0 Å². The van der Waals surface area contributed by atoms with Crippen LogP contribution in [0.3, 0.4) is 0 Å². The van der Waals surface area contributed by atoms with Gasteiger partial charge >= 0.3 is 0 Å². The van der Waals surface area contributed by atoms with E-state index in [0.29, 0.717) is 17.6 Å². The van der Waals surface area contributed by atoms with Crippen molar-refractivity contribution in [2.45, 2.75) is 0 Å². The van der Waals surface area contributed by atoms with E-state index in [1.165, 1.54) is 10.8 Å².